The van der Waals surface area contributed by atoms with E-state index in [1.807, 2.05) is 0 Å². The Kier molecular flexibility index (Phi) is 2.40. The van der Waals surface area contributed by atoms with Crippen molar-refractivity contribution in [1.82, 2.24) is 0 Å². The first-order valence-corrected chi connectivity index (χ1v) is 5.88. The zero-order valence-electron chi connectivity index (χ0n) is 7.44. The third-order valence-corrected chi connectivity index (χ3v) is 3.43. The van der Waals surface area contributed by atoms with Gasteiger partial charge >= 0.3 is 10.2 Å². The Hall–Kier alpha value is -1.13. The van der Waals surface area contributed by atoms with Gasteiger partial charge in [0.25, 0.3) is 0 Å². The number of hydrogen-bond donors (Lipinski definition) is 0. The lowest BCUT2D eigenvalue weighted by Crippen LogP contribution is -1.94. The first-order valence-electron chi connectivity index (χ1n) is 4.12. The predicted octanol–water partition coefficient (Wildman–Crippen LogP) is 3.15. The second-order valence-corrected chi connectivity index (χ2v) is 4.73. The van der Waals surface area contributed by atoms with Crippen LogP contribution >= 0.6 is 11.6 Å². The third-order valence-electron chi connectivity index (χ3n) is 2.08. The van der Waals surface area contributed by atoms with Crippen LogP contribution in [0.4, 0.5) is 3.89 Å². The minimum atomic E-state index is -4.79. The predicted molar refractivity (Wildman–Crippen MR) is 57.3 cm³/mol. The minimum Gasteiger partial charge on any atom is -0.189 e. The second-order valence-electron chi connectivity index (χ2n) is 3.04. The van der Waals surface area contributed by atoms with Crippen molar-refractivity contribution in [2.24, 2.45) is 0 Å². The van der Waals surface area contributed by atoms with Gasteiger partial charge in [-0.15, -0.1) is 3.89 Å². The average molecular weight is 245 g/mol. The molecule has 2 aromatic rings. The number of benzene rings is 2. The SMILES string of the molecule is O=S(=O)(F)c1c(Cl)ccc2ccccc12. The van der Waals surface area contributed by atoms with E-state index in [0.717, 1.165) is 0 Å². The Bertz CT molecular complexity index is 622. The molecule has 15 heavy (non-hydrogen) atoms. The van der Waals surface area contributed by atoms with Crippen LogP contribution in [0.25, 0.3) is 10.8 Å². The van der Waals surface area contributed by atoms with Gasteiger partial charge in [0.1, 0.15) is 4.90 Å². The van der Waals surface area contributed by atoms with Crippen LogP contribution in [-0.2, 0) is 10.2 Å². The fourth-order valence-corrected chi connectivity index (χ4v) is 2.65. The zero-order valence-corrected chi connectivity index (χ0v) is 9.02. The highest BCUT2D eigenvalue weighted by molar-refractivity contribution is 7.86. The van der Waals surface area contributed by atoms with Gasteiger partial charge in [-0.05, 0) is 11.5 Å². The maximum absolute atomic E-state index is 13.0. The summed E-state index contributed by atoms with van der Waals surface area (Å²) in [6.45, 7) is 0. The summed E-state index contributed by atoms with van der Waals surface area (Å²) in [7, 11) is -4.79. The Balaban J connectivity index is 2.99. The molecule has 0 saturated heterocycles. The Morgan fingerprint density at radius 3 is 2.40 bits per heavy atom. The lowest BCUT2D eigenvalue weighted by atomic mass is 10.1. The molecule has 0 atom stereocenters. The normalized spacial score (nSPS) is 11.9. The summed E-state index contributed by atoms with van der Waals surface area (Å²) >= 11 is 5.67. The lowest BCUT2D eigenvalue weighted by molar-refractivity contribution is 0.553. The molecule has 0 aliphatic carbocycles. The van der Waals surface area contributed by atoms with Crippen LogP contribution in [0, 0.1) is 0 Å². The van der Waals surface area contributed by atoms with Crippen LogP contribution in [0.5, 0.6) is 0 Å². The van der Waals surface area contributed by atoms with Crippen molar-refractivity contribution < 1.29 is 12.3 Å². The fraction of sp³-hybridized carbons (Fsp3) is 0. The molecule has 2 aromatic carbocycles. The van der Waals surface area contributed by atoms with Crippen LogP contribution in [-0.4, -0.2) is 8.42 Å². The van der Waals surface area contributed by atoms with Gasteiger partial charge in [-0.25, -0.2) is 0 Å². The highest BCUT2D eigenvalue weighted by Gasteiger charge is 2.19. The largest absolute Gasteiger partial charge is 0.334 e. The van der Waals surface area contributed by atoms with E-state index in [2.05, 4.69) is 0 Å². The monoisotopic (exact) mass is 244 g/mol. The standard InChI is InChI=1S/C10H6ClFO2S/c11-9-6-5-7-3-1-2-4-8(7)10(9)15(12,13)14/h1-6H. The molecule has 0 bridgehead atoms. The molecule has 0 saturated carbocycles. The van der Waals surface area contributed by atoms with Crippen molar-refractivity contribution in [3.8, 4) is 0 Å². The van der Waals surface area contributed by atoms with E-state index in [9.17, 15) is 12.3 Å². The van der Waals surface area contributed by atoms with Gasteiger partial charge < -0.3 is 0 Å². The molecule has 0 aliphatic heterocycles. The summed E-state index contributed by atoms with van der Waals surface area (Å²) in [5, 5.41) is 0.835. The van der Waals surface area contributed by atoms with Crippen LogP contribution in [0.3, 0.4) is 0 Å². The molecule has 5 heteroatoms. The summed E-state index contributed by atoms with van der Waals surface area (Å²) in [4.78, 5) is -0.456. The van der Waals surface area contributed by atoms with E-state index in [1.165, 1.54) is 12.1 Å². The molecule has 0 N–H and O–H groups in total. The molecule has 0 amide bonds. The van der Waals surface area contributed by atoms with Gasteiger partial charge in [0.15, 0.2) is 0 Å². The maximum Gasteiger partial charge on any atom is 0.334 e. The quantitative estimate of drug-likeness (QED) is 0.722. The highest BCUT2D eigenvalue weighted by Crippen LogP contribution is 2.31. The van der Waals surface area contributed by atoms with Gasteiger partial charge in [-0.3, -0.25) is 0 Å². The molecule has 0 aromatic heterocycles. The van der Waals surface area contributed by atoms with Gasteiger partial charge in [-0.2, -0.15) is 8.42 Å². The van der Waals surface area contributed by atoms with Crippen molar-refractivity contribution in [2.75, 3.05) is 0 Å². The van der Waals surface area contributed by atoms with Gasteiger partial charge in [0.2, 0.25) is 0 Å². The molecule has 2 nitrogen and oxygen atoms in total. The molecule has 0 unspecified atom stereocenters. The summed E-state index contributed by atoms with van der Waals surface area (Å²) in [5.41, 5.74) is 0. The molecule has 0 radical (unpaired) electrons. The van der Waals surface area contributed by atoms with Crippen LogP contribution in [0.15, 0.2) is 41.3 Å². The van der Waals surface area contributed by atoms with Crippen LogP contribution in [0.2, 0.25) is 5.02 Å². The summed E-state index contributed by atoms with van der Waals surface area (Å²) in [5.74, 6) is 0. The summed E-state index contributed by atoms with van der Waals surface area (Å²) < 4.78 is 34.8. The Labute approximate surface area is 91.5 Å². The minimum absolute atomic E-state index is 0.101. The molecule has 0 fully saturated rings. The van der Waals surface area contributed by atoms with Crippen molar-refractivity contribution in [3.63, 3.8) is 0 Å². The Morgan fingerprint density at radius 1 is 1.07 bits per heavy atom. The number of hydrogen-bond acceptors (Lipinski definition) is 2. The van der Waals surface area contributed by atoms with E-state index in [1.54, 1.807) is 24.3 Å². The summed E-state index contributed by atoms with van der Waals surface area (Å²) in [6, 6.07) is 9.61. The van der Waals surface area contributed by atoms with Gasteiger partial charge in [0.05, 0.1) is 5.02 Å². The molecule has 2 rings (SSSR count). The highest BCUT2D eigenvalue weighted by atomic mass is 35.5. The molecular formula is C10H6ClFO2S. The Morgan fingerprint density at radius 2 is 1.73 bits per heavy atom. The van der Waals surface area contributed by atoms with Crippen LogP contribution < -0.4 is 0 Å². The second kappa shape index (κ2) is 3.47. The van der Waals surface area contributed by atoms with E-state index < -0.39 is 15.1 Å². The van der Waals surface area contributed by atoms with Crippen molar-refractivity contribution >= 4 is 32.6 Å². The first kappa shape index (κ1) is 10.4. The smallest absolute Gasteiger partial charge is 0.189 e. The molecule has 0 spiro atoms. The average Bonchev–Trinajstić information content (AvgIpc) is 2.15. The van der Waals surface area contributed by atoms with Crippen LogP contribution in [0.1, 0.15) is 0 Å². The topological polar surface area (TPSA) is 34.1 Å². The van der Waals surface area contributed by atoms with E-state index >= 15 is 0 Å². The molecule has 78 valence electrons. The molecule has 0 aliphatic rings. The summed E-state index contributed by atoms with van der Waals surface area (Å²) in [6.07, 6.45) is 0. The number of fused-ring (bicyclic) bond motifs is 1. The molecular weight excluding hydrogens is 239 g/mol. The molecule has 0 heterocycles. The van der Waals surface area contributed by atoms with E-state index in [0.29, 0.717) is 10.8 Å². The van der Waals surface area contributed by atoms with E-state index in [-0.39, 0.29) is 5.02 Å². The first-order chi connectivity index (χ1) is 7.00. The van der Waals surface area contributed by atoms with Gasteiger partial charge in [-0.1, -0.05) is 41.9 Å². The van der Waals surface area contributed by atoms with Crippen molar-refractivity contribution in [3.05, 3.63) is 41.4 Å². The zero-order chi connectivity index (χ0) is 11.1. The fourth-order valence-electron chi connectivity index (χ4n) is 1.46. The van der Waals surface area contributed by atoms with Crippen molar-refractivity contribution in [1.29, 1.82) is 0 Å². The maximum atomic E-state index is 13.0. The lowest BCUT2D eigenvalue weighted by Gasteiger charge is -2.04. The number of rotatable bonds is 1. The van der Waals surface area contributed by atoms with Gasteiger partial charge in [0, 0.05) is 5.39 Å². The number of halogens is 2. The van der Waals surface area contributed by atoms with E-state index in [4.69, 9.17) is 11.6 Å². The van der Waals surface area contributed by atoms with Crippen molar-refractivity contribution in [2.45, 2.75) is 4.90 Å². The third kappa shape index (κ3) is 1.82.